The van der Waals surface area contributed by atoms with Gasteiger partial charge in [0.05, 0.1) is 5.57 Å². The molecule has 0 bridgehead atoms. The van der Waals surface area contributed by atoms with E-state index in [0.717, 1.165) is 77.6 Å². The van der Waals surface area contributed by atoms with Gasteiger partial charge in [-0.2, -0.15) is 0 Å². The van der Waals surface area contributed by atoms with E-state index in [1.165, 1.54) is 20.8 Å². The summed E-state index contributed by atoms with van der Waals surface area (Å²) >= 11 is 0. The third kappa shape index (κ3) is 10.1. The summed E-state index contributed by atoms with van der Waals surface area (Å²) in [5.74, 6) is -5.61. The van der Waals surface area contributed by atoms with Gasteiger partial charge >= 0.3 is 11.9 Å². The monoisotopic (exact) mass is 600 g/mol. The minimum atomic E-state index is -0.689. The lowest BCUT2D eigenvalue weighted by Gasteiger charge is -2.18. The lowest BCUT2D eigenvalue weighted by molar-refractivity contribution is -0.140. The Bertz CT molecular complexity index is 1260. The van der Waals surface area contributed by atoms with Crippen LogP contribution in [0.4, 0.5) is 0 Å². The second-order valence-electron chi connectivity index (χ2n) is 11.2. The van der Waals surface area contributed by atoms with Gasteiger partial charge in [0.2, 0.25) is 23.1 Å². The van der Waals surface area contributed by atoms with Gasteiger partial charge in [0.15, 0.2) is 23.0 Å². The van der Waals surface area contributed by atoms with Gasteiger partial charge in [-0.25, -0.2) is 0 Å². The van der Waals surface area contributed by atoms with Crippen LogP contribution in [0, 0.1) is 0 Å². The second kappa shape index (κ2) is 17.3. The number of carbonyl (C=O) groups excluding carboxylic acids is 6. The maximum absolute atomic E-state index is 12.6. The molecule has 43 heavy (non-hydrogen) atoms. The second-order valence-corrected chi connectivity index (χ2v) is 11.2. The molecule has 0 saturated carbocycles. The van der Waals surface area contributed by atoms with Gasteiger partial charge in [-0.3, -0.25) is 28.8 Å². The quantitative estimate of drug-likeness (QED) is 0.102. The van der Waals surface area contributed by atoms with Crippen molar-refractivity contribution in [1.82, 2.24) is 0 Å². The van der Waals surface area contributed by atoms with Crippen molar-refractivity contribution in [3.63, 3.8) is 0 Å². The number of ether oxygens (including phenoxy) is 2. The molecule has 0 radical (unpaired) electrons. The number of aliphatic hydroxyl groups excluding tert-OH is 2. The highest BCUT2D eigenvalue weighted by molar-refractivity contribution is 6.24. The van der Waals surface area contributed by atoms with E-state index in [1.54, 1.807) is 0 Å². The first-order valence-electron chi connectivity index (χ1n) is 15.2. The Balaban J connectivity index is 1.54. The van der Waals surface area contributed by atoms with Crippen LogP contribution in [-0.4, -0.2) is 45.3 Å². The molecule has 0 aliphatic heterocycles. The number of esters is 2. The van der Waals surface area contributed by atoms with Crippen LogP contribution in [0.1, 0.15) is 124 Å². The summed E-state index contributed by atoms with van der Waals surface area (Å²) in [6.45, 7) is 5.01. The zero-order valence-electron chi connectivity index (χ0n) is 25.8. The Labute approximate surface area is 252 Å². The Hall–Kier alpha value is -3.82. The molecule has 0 amide bonds. The minimum Gasteiger partial charge on any atom is -0.504 e. The number of allylic oxidation sites excluding steroid dienone is 4. The normalized spacial score (nSPS) is 16.1. The van der Waals surface area contributed by atoms with Gasteiger partial charge in [0.25, 0.3) is 0 Å². The minimum absolute atomic E-state index is 0.0137. The highest BCUT2D eigenvalue weighted by atomic mass is 16.5. The van der Waals surface area contributed by atoms with E-state index in [0.29, 0.717) is 12.8 Å². The molecule has 2 aliphatic carbocycles. The number of aliphatic hydroxyl groups is 2. The molecule has 2 rings (SSSR count). The Morgan fingerprint density at radius 3 is 1.33 bits per heavy atom. The van der Waals surface area contributed by atoms with Gasteiger partial charge in [-0.05, 0) is 39.5 Å². The fourth-order valence-electron chi connectivity index (χ4n) is 5.19. The van der Waals surface area contributed by atoms with E-state index in [9.17, 15) is 39.0 Å². The van der Waals surface area contributed by atoms with Gasteiger partial charge in [-0.1, -0.05) is 70.6 Å². The first-order chi connectivity index (χ1) is 20.4. The summed E-state index contributed by atoms with van der Waals surface area (Å²) in [5.41, 5.74) is -0.0897. The van der Waals surface area contributed by atoms with Crippen LogP contribution in [0.15, 0.2) is 45.3 Å². The lowest BCUT2D eigenvalue weighted by atomic mass is 9.90. The van der Waals surface area contributed by atoms with Crippen molar-refractivity contribution in [2.24, 2.45) is 0 Å². The molecule has 0 heterocycles. The van der Waals surface area contributed by atoms with Crippen molar-refractivity contribution < 1.29 is 48.5 Å². The maximum Gasteiger partial charge on any atom is 0.308 e. The number of Topliss-reactive ketones (excluding diaryl/α,β-unsaturated/α-hetero) is 4. The molecule has 10 nitrogen and oxygen atoms in total. The van der Waals surface area contributed by atoms with Crippen LogP contribution in [0.5, 0.6) is 0 Å². The van der Waals surface area contributed by atoms with Crippen LogP contribution >= 0.6 is 0 Å². The SMILES string of the molecule is CC(=O)OC1=C(C)C(=O)C(O)=C(CCCCCCCCCCCCCCCC2=C(OC(C)=O)C(=O)C(C)=C(O)C2=O)C1=O. The van der Waals surface area contributed by atoms with Crippen molar-refractivity contribution in [2.45, 2.75) is 124 Å². The molecule has 2 aliphatic rings. The average Bonchev–Trinajstić information content (AvgIpc) is 2.96. The van der Waals surface area contributed by atoms with Crippen molar-refractivity contribution in [3.05, 3.63) is 45.3 Å². The summed E-state index contributed by atoms with van der Waals surface area (Å²) in [6, 6.07) is 0. The highest BCUT2D eigenvalue weighted by Crippen LogP contribution is 2.29. The molecule has 236 valence electrons. The van der Waals surface area contributed by atoms with Gasteiger partial charge in [0, 0.05) is 30.6 Å². The van der Waals surface area contributed by atoms with E-state index in [-0.39, 0.29) is 46.7 Å². The van der Waals surface area contributed by atoms with Crippen LogP contribution in [0.3, 0.4) is 0 Å². The summed E-state index contributed by atoms with van der Waals surface area (Å²) < 4.78 is 9.92. The summed E-state index contributed by atoms with van der Waals surface area (Å²) in [4.78, 5) is 72.2. The molecule has 0 aromatic rings. The molecule has 0 unspecified atom stereocenters. The molecule has 0 saturated heterocycles. The van der Waals surface area contributed by atoms with Gasteiger partial charge in [-0.15, -0.1) is 0 Å². The largest absolute Gasteiger partial charge is 0.504 e. The van der Waals surface area contributed by atoms with Gasteiger partial charge < -0.3 is 19.7 Å². The number of carbonyl (C=O) groups is 6. The third-order valence-electron chi connectivity index (χ3n) is 7.67. The summed E-state index contributed by atoms with van der Waals surface area (Å²) in [5, 5.41) is 20.1. The Morgan fingerprint density at radius 2 is 0.884 bits per heavy atom. The number of hydrogen-bond donors (Lipinski definition) is 2. The van der Waals surface area contributed by atoms with E-state index >= 15 is 0 Å². The number of hydrogen-bond acceptors (Lipinski definition) is 10. The van der Waals surface area contributed by atoms with Crippen LogP contribution in [0.2, 0.25) is 0 Å². The zero-order chi connectivity index (χ0) is 32.1. The Kier molecular flexibility index (Phi) is 14.3. The molecular weight excluding hydrogens is 556 g/mol. The van der Waals surface area contributed by atoms with Crippen molar-refractivity contribution >= 4 is 35.1 Å². The summed E-state index contributed by atoms with van der Waals surface area (Å²) in [6.07, 6.45) is 13.3. The average molecular weight is 601 g/mol. The zero-order valence-corrected chi connectivity index (χ0v) is 25.8. The van der Waals surface area contributed by atoms with E-state index < -0.39 is 46.6 Å². The van der Waals surface area contributed by atoms with Crippen LogP contribution < -0.4 is 0 Å². The molecule has 0 atom stereocenters. The van der Waals surface area contributed by atoms with Crippen LogP contribution in [-0.2, 0) is 38.2 Å². The summed E-state index contributed by atoms with van der Waals surface area (Å²) in [7, 11) is 0. The molecular formula is C33H44O10. The molecule has 2 N–H and O–H groups in total. The maximum atomic E-state index is 12.6. The lowest BCUT2D eigenvalue weighted by Crippen LogP contribution is -2.25. The fourth-order valence-corrected chi connectivity index (χ4v) is 5.19. The molecule has 0 aromatic heterocycles. The van der Waals surface area contributed by atoms with E-state index in [2.05, 4.69) is 0 Å². The number of rotatable bonds is 18. The van der Waals surface area contributed by atoms with Crippen molar-refractivity contribution in [2.75, 3.05) is 0 Å². The number of ketones is 4. The predicted molar refractivity (Wildman–Crippen MR) is 158 cm³/mol. The molecule has 0 spiro atoms. The molecule has 0 fully saturated rings. The van der Waals surface area contributed by atoms with E-state index in [4.69, 9.17) is 9.47 Å². The number of unbranched alkanes of at least 4 members (excludes halogenated alkanes) is 12. The topological polar surface area (TPSA) is 161 Å². The molecule has 0 aromatic carbocycles. The smallest absolute Gasteiger partial charge is 0.308 e. The predicted octanol–water partition coefficient (Wildman–Crippen LogP) is 6.44. The van der Waals surface area contributed by atoms with E-state index in [1.807, 2.05) is 0 Å². The first-order valence-corrected chi connectivity index (χ1v) is 15.2. The standard InChI is InChI=1S/C33H44O10/c1-20-26(36)30(40)25(33(28(20)38)43-23(4)35)19-17-15-13-11-9-7-5-6-8-10-12-14-16-18-24-29(39)27(37)21(2)32(31(24)41)42-22(3)34/h36,39H,5-19H2,1-4H3. The van der Waals surface area contributed by atoms with Crippen molar-refractivity contribution in [1.29, 1.82) is 0 Å². The third-order valence-corrected chi connectivity index (χ3v) is 7.67. The fraction of sp³-hybridized carbons (Fsp3) is 0.576. The van der Waals surface area contributed by atoms with Gasteiger partial charge in [0.1, 0.15) is 0 Å². The Morgan fingerprint density at radius 1 is 0.488 bits per heavy atom. The van der Waals surface area contributed by atoms with Crippen molar-refractivity contribution in [3.8, 4) is 0 Å². The van der Waals surface area contributed by atoms with Crippen LogP contribution in [0.25, 0.3) is 0 Å². The highest BCUT2D eigenvalue weighted by Gasteiger charge is 2.35. The molecule has 10 heteroatoms. The first kappa shape index (κ1) is 35.4.